The standard InChI is InChI=1S/C26H37N3O4/c1-5-6-15-29-18(4)22(25(31)33-17(2)3)23(28-26(29)32)20-13-10-14-21(16-20)27-24(30)19-11-8-7-9-12-19/h10,13-14,16-17,19,23H,5-9,11-12,15H2,1-4H3,(H,27,30)(H,28,32). The Kier molecular flexibility index (Phi) is 8.53. The van der Waals surface area contributed by atoms with E-state index in [1.54, 1.807) is 25.7 Å². The molecule has 1 aliphatic carbocycles. The third-order valence-electron chi connectivity index (χ3n) is 6.36. The first-order chi connectivity index (χ1) is 15.8. The van der Waals surface area contributed by atoms with Crippen molar-refractivity contribution in [1.82, 2.24) is 10.2 Å². The van der Waals surface area contributed by atoms with Crippen LogP contribution in [0.4, 0.5) is 10.5 Å². The summed E-state index contributed by atoms with van der Waals surface area (Å²) in [5.74, 6) is -0.357. The molecule has 3 rings (SSSR count). The highest BCUT2D eigenvalue weighted by Gasteiger charge is 2.36. The van der Waals surface area contributed by atoms with Gasteiger partial charge in [-0.2, -0.15) is 0 Å². The molecule has 2 aliphatic rings. The molecule has 1 fully saturated rings. The van der Waals surface area contributed by atoms with E-state index in [4.69, 9.17) is 4.74 Å². The van der Waals surface area contributed by atoms with E-state index in [2.05, 4.69) is 17.6 Å². The lowest BCUT2D eigenvalue weighted by Crippen LogP contribution is -2.48. The molecule has 1 aromatic rings. The molecule has 7 heteroatoms. The van der Waals surface area contributed by atoms with Crippen molar-refractivity contribution in [1.29, 1.82) is 0 Å². The van der Waals surface area contributed by atoms with E-state index in [1.807, 2.05) is 24.3 Å². The van der Waals surface area contributed by atoms with Crippen molar-refractivity contribution in [3.8, 4) is 0 Å². The van der Waals surface area contributed by atoms with Gasteiger partial charge in [0.15, 0.2) is 0 Å². The zero-order valence-electron chi connectivity index (χ0n) is 20.3. The van der Waals surface area contributed by atoms with E-state index in [1.165, 1.54) is 6.42 Å². The van der Waals surface area contributed by atoms with Crippen LogP contribution >= 0.6 is 0 Å². The maximum Gasteiger partial charge on any atom is 0.338 e. The van der Waals surface area contributed by atoms with Gasteiger partial charge in [0.2, 0.25) is 5.91 Å². The van der Waals surface area contributed by atoms with E-state index in [0.717, 1.165) is 44.1 Å². The number of nitrogens with one attached hydrogen (secondary N) is 2. The summed E-state index contributed by atoms with van der Waals surface area (Å²) >= 11 is 0. The molecule has 0 saturated heterocycles. The van der Waals surface area contributed by atoms with Crippen molar-refractivity contribution >= 4 is 23.6 Å². The van der Waals surface area contributed by atoms with E-state index in [-0.39, 0.29) is 24.0 Å². The highest BCUT2D eigenvalue weighted by molar-refractivity contribution is 5.96. The van der Waals surface area contributed by atoms with Gasteiger partial charge in [0.1, 0.15) is 0 Å². The van der Waals surface area contributed by atoms with Crippen LogP contribution in [0.15, 0.2) is 35.5 Å². The van der Waals surface area contributed by atoms with Gasteiger partial charge in [-0.1, -0.05) is 44.7 Å². The smallest absolute Gasteiger partial charge is 0.338 e. The predicted molar refractivity (Wildman–Crippen MR) is 128 cm³/mol. The Hall–Kier alpha value is -2.83. The van der Waals surface area contributed by atoms with Crippen LogP contribution in [0.25, 0.3) is 0 Å². The Morgan fingerprint density at radius 1 is 1.21 bits per heavy atom. The molecule has 0 aromatic heterocycles. The first-order valence-electron chi connectivity index (χ1n) is 12.2. The maximum atomic E-state index is 13.1. The van der Waals surface area contributed by atoms with Crippen LogP contribution in [0.5, 0.6) is 0 Å². The van der Waals surface area contributed by atoms with Crippen LogP contribution in [0.3, 0.4) is 0 Å². The van der Waals surface area contributed by atoms with Crippen molar-refractivity contribution in [3.63, 3.8) is 0 Å². The van der Waals surface area contributed by atoms with Crippen molar-refractivity contribution in [2.75, 3.05) is 11.9 Å². The number of allylic oxidation sites excluding steroid dienone is 1. The summed E-state index contributed by atoms with van der Waals surface area (Å²) in [6, 6.07) is 6.49. The molecule has 1 aromatic carbocycles. The Bertz CT molecular complexity index is 903. The normalized spacial score (nSPS) is 19.5. The molecule has 3 amide bonds. The van der Waals surface area contributed by atoms with Gasteiger partial charge in [0.25, 0.3) is 0 Å². The van der Waals surface area contributed by atoms with Crippen LogP contribution < -0.4 is 10.6 Å². The second-order valence-corrected chi connectivity index (χ2v) is 9.29. The molecule has 33 heavy (non-hydrogen) atoms. The average Bonchev–Trinajstić information content (AvgIpc) is 2.78. The van der Waals surface area contributed by atoms with Crippen molar-refractivity contribution in [2.45, 2.75) is 84.8 Å². The van der Waals surface area contributed by atoms with Crippen molar-refractivity contribution < 1.29 is 19.1 Å². The number of nitrogens with zero attached hydrogens (tertiary/aromatic N) is 1. The molecule has 180 valence electrons. The largest absolute Gasteiger partial charge is 0.459 e. The molecule has 2 N–H and O–H groups in total. The van der Waals surface area contributed by atoms with Crippen LogP contribution in [-0.4, -0.2) is 35.5 Å². The maximum absolute atomic E-state index is 13.1. The summed E-state index contributed by atoms with van der Waals surface area (Å²) in [7, 11) is 0. The molecule has 0 bridgehead atoms. The zero-order valence-corrected chi connectivity index (χ0v) is 20.3. The molecule has 1 atom stereocenters. The SMILES string of the molecule is CCCCN1C(=O)NC(c2cccc(NC(=O)C3CCCCC3)c2)C(C(=O)OC(C)C)=C1C. The number of amides is 3. The lowest BCUT2D eigenvalue weighted by atomic mass is 9.88. The second kappa shape index (κ2) is 11.3. The number of hydrogen-bond donors (Lipinski definition) is 2. The molecule has 1 unspecified atom stereocenters. The number of rotatable bonds is 8. The number of anilines is 1. The fraction of sp³-hybridized carbons (Fsp3) is 0.577. The summed E-state index contributed by atoms with van der Waals surface area (Å²) < 4.78 is 5.53. The van der Waals surface area contributed by atoms with E-state index >= 15 is 0 Å². The number of unbranched alkanes of at least 4 members (excludes halogenated alkanes) is 1. The lowest BCUT2D eigenvalue weighted by molar-refractivity contribution is -0.143. The first kappa shape index (κ1) is 24.8. The Labute approximate surface area is 196 Å². The number of benzene rings is 1. The van der Waals surface area contributed by atoms with Gasteiger partial charge in [-0.25, -0.2) is 9.59 Å². The van der Waals surface area contributed by atoms with Crippen LogP contribution in [0.1, 0.15) is 84.2 Å². The zero-order chi connectivity index (χ0) is 24.0. The third-order valence-corrected chi connectivity index (χ3v) is 6.36. The van der Waals surface area contributed by atoms with Crippen LogP contribution in [0.2, 0.25) is 0 Å². The number of urea groups is 1. The molecular weight excluding hydrogens is 418 g/mol. The van der Waals surface area contributed by atoms with Gasteiger partial charge < -0.3 is 15.4 Å². The minimum absolute atomic E-state index is 0.0384. The third kappa shape index (κ3) is 6.15. The Morgan fingerprint density at radius 3 is 2.61 bits per heavy atom. The number of hydrogen-bond acceptors (Lipinski definition) is 4. The molecule has 0 spiro atoms. The van der Waals surface area contributed by atoms with Gasteiger partial charge >= 0.3 is 12.0 Å². The first-order valence-corrected chi connectivity index (χ1v) is 12.2. The van der Waals surface area contributed by atoms with Gasteiger partial charge in [-0.3, -0.25) is 9.69 Å². The van der Waals surface area contributed by atoms with E-state index < -0.39 is 12.0 Å². The molecule has 1 saturated carbocycles. The van der Waals surface area contributed by atoms with Crippen molar-refractivity contribution in [2.24, 2.45) is 5.92 Å². The number of ether oxygens (including phenoxy) is 1. The van der Waals surface area contributed by atoms with E-state index in [0.29, 0.717) is 23.5 Å². The minimum atomic E-state index is -0.645. The molecule has 7 nitrogen and oxygen atoms in total. The average molecular weight is 456 g/mol. The summed E-state index contributed by atoms with van der Waals surface area (Å²) in [5.41, 5.74) is 2.43. The fourth-order valence-corrected chi connectivity index (χ4v) is 4.56. The summed E-state index contributed by atoms with van der Waals surface area (Å²) in [4.78, 5) is 40.3. The number of esters is 1. The monoisotopic (exact) mass is 455 g/mol. The van der Waals surface area contributed by atoms with Gasteiger partial charge in [-0.15, -0.1) is 0 Å². The highest BCUT2D eigenvalue weighted by atomic mass is 16.5. The van der Waals surface area contributed by atoms with Gasteiger partial charge in [-0.05, 0) is 57.7 Å². The second-order valence-electron chi connectivity index (χ2n) is 9.29. The Morgan fingerprint density at radius 2 is 1.94 bits per heavy atom. The molecular formula is C26H37N3O4. The van der Waals surface area contributed by atoms with Crippen LogP contribution in [0, 0.1) is 5.92 Å². The number of carbonyl (C=O) groups is 3. The van der Waals surface area contributed by atoms with Crippen molar-refractivity contribution in [3.05, 3.63) is 41.1 Å². The quantitative estimate of drug-likeness (QED) is 0.521. The predicted octanol–water partition coefficient (Wildman–Crippen LogP) is 5.30. The van der Waals surface area contributed by atoms with E-state index in [9.17, 15) is 14.4 Å². The van der Waals surface area contributed by atoms with Crippen LogP contribution in [-0.2, 0) is 14.3 Å². The summed E-state index contributed by atoms with van der Waals surface area (Å²) in [6.07, 6.45) is 6.71. The van der Waals surface area contributed by atoms with Gasteiger partial charge in [0.05, 0.1) is 17.7 Å². The summed E-state index contributed by atoms with van der Waals surface area (Å²) in [5, 5.41) is 6.02. The lowest BCUT2D eigenvalue weighted by Gasteiger charge is -2.35. The molecule has 0 radical (unpaired) electrons. The molecule has 1 heterocycles. The molecule has 1 aliphatic heterocycles. The minimum Gasteiger partial charge on any atom is -0.459 e. The fourth-order valence-electron chi connectivity index (χ4n) is 4.56. The number of carbonyl (C=O) groups excluding carboxylic acids is 3. The topological polar surface area (TPSA) is 87.7 Å². The highest BCUT2D eigenvalue weighted by Crippen LogP contribution is 2.33. The summed E-state index contributed by atoms with van der Waals surface area (Å²) in [6.45, 7) is 8.01. The van der Waals surface area contributed by atoms with Gasteiger partial charge in [0, 0.05) is 23.8 Å². The Balaban J connectivity index is 1.89.